The highest BCUT2D eigenvalue weighted by Gasteiger charge is 2.23. The van der Waals surface area contributed by atoms with Crippen molar-refractivity contribution in [3.05, 3.63) is 23.8 Å². The molecule has 1 heterocycles. The summed E-state index contributed by atoms with van der Waals surface area (Å²) in [5.74, 6) is -0.114. The fraction of sp³-hybridized carbons (Fsp3) is 0.462. The zero-order valence-corrected chi connectivity index (χ0v) is 10.4. The molecule has 5 nitrogen and oxygen atoms in total. The van der Waals surface area contributed by atoms with Gasteiger partial charge in [-0.1, -0.05) is 0 Å². The lowest BCUT2D eigenvalue weighted by Gasteiger charge is -2.19. The monoisotopic (exact) mass is 250 g/mol. The van der Waals surface area contributed by atoms with E-state index in [-0.39, 0.29) is 6.61 Å². The van der Waals surface area contributed by atoms with E-state index in [1.807, 2.05) is 6.07 Å². The molecule has 0 aromatic heterocycles. The third kappa shape index (κ3) is 2.41. The first-order valence-electron chi connectivity index (χ1n) is 5.99. The van der Waals surface area contributed by atoms with Crippen molar-refractivity contribution in [1.29, 1.82) is 0 Å². The van der Waals surface area contributed by atoms with Gasteiger partial charge in [-0.05, 0) is 24.6 Å². The van der Waals surface area contributed by atoms with Crippen LogP contribution >= 0.6 is 0 Å². The van der Waals surface area contributed by atoms with Gasteiger partial charge >= 0.3 is 5.97 Å². The summed E-state index contributed by atoms with van der Waals surface area (Å²) in [6, 6.07) is 5.36. The molecule has 1 aliphatic heterocycles. The van der Waals surface area contributed by atoms with E-state index in [2.05, 4.69) is 4.90 Å². The summed E-state index contributed by atoms with van der Waals surface area (Å²) in [4.78, 5) is 13.7. The van der Waals surface area contributed by atoms with Crippen LogP contribution in [-0.4, -0.2) is 37.9 Å². The molecule has 1 saturated heterocycles. The molecule has 0 amide bonds. The Labute approximate surface area is 106 Å². The van der Waals surface area contributed by atoms with Gasteiger partial charge in [-0.3, -0.25) is 0 Å². The van der Waals surface area contributed by atoms with E-state index in [0.717, 1.165) is 25.2 Å². The van der Waals surface area contributed by atoms with Crippen molar-refractivity contribution in [2.75, 3.05) is 37.4 Å². The Balaban J connectivity index is 2.22. The van der Waals surface area contributed by atoms with E-state index in [1.165, 1.54) is 7.11 Å². The maximum Gasteiger partial charge on any atom is 0.340 e. The Bertz CT molecular complexity index is 448. The molecule has 18 heavy (non-hydrogen) atoms. The quantitative estimate of drug-likeness (QED) is 0.615. The molecule has 0 radical (unpaired) electrons. The second kappa shape index (κ2) is 5.27. The molecular formula is C13H18N2O3. The Morgan fingerprint density at radius 3 is 3.00 bits per heavy atom. The summed E-state index contributed by atoms with van der Waals surface area (Å²) in [5.41, 5.74) is 7.51. The zero-order chi connectivity index (χ0) is 13.1. The van der Waals surface area contributed by atoms with Crippen molar-refractivity contribution in [2.45, 2.75) is 6.42 Å². The van der Waals surface area contributed by atoms with Gasteiger partial charge in [0.1, 0.15) is 0 Å². The Morgan fingerprint density at radius 2 is 2.39 bits per heavy atom. The SMILES string of the molecule is COC(=O)c1cc(N2CCC(CO)C2)ccc1N. The number of ether oxygens (including phenoxy) is 1. The van der Waals surface area contributed by atoms with E-state index < -0.39 is 5.97 Å². The number of esters is 1. The molecule has 1 aromatic carbocycles. The minimum atomic E-state index is -0.424. The second-order valence-electron chi connectivity index (χ2n) is 4.55. The number of aliphatic hydroxyl groups is 1. The van der Waals surface area contributed by atoms with Gasteiger partial charge in [0.2, 0.25) is 0 Å². The first kappa shape index (κ1) is 12.7. The first-order chi connectivity index (χ1) is 8.65. The van der Waals surface area contributed by atoms with Gasteiger partial charge < -0.3 is 20.5 Å². The van der Waals surface area contributed by atoms with Crippen molar-refractivity contribution in [2.24, 2.45) is 5.92 Å². The summed E-state index contributed by atoms with van der Waals surface area (Å²) >= 11 is 0. The predicted molar refractivity (Wildman–Crippen MR) is 69.6 cm³/mol. The largest absolute Gasteiger partial charge is 0.465 e. The Morgan fingerprint density at radius 1 is 1.61 bits per heavy atom. The van der Waals surface area contributed by atoms with E-state index in [1.54, 1.807) is 12.1 Å². The van der Waals surface area contributed by atoms with Crippen LogP contribution in [0.4, 0.5) is 11.4 Å². The van der Waals surface area contributed by atoms with Crippen LogP contribution in [0.5, 0.6) is 0 Å². The van der Waals surface area contributed by atoms with Gasteiger partial charge in [-0.25, -0.2) is 4.79 Å². The van der Waals surface area contributed by atoms with Gasteiger partial charge in [0.15, 0.2) is 0 Å². The topological polar surface area (TPSA) is 75.8 Å². The van der Waals surface area contributed by atoms with Crippen LogP contribution in [0.1, 0.15) is 16.8 Å². The van der Waals surface area contributed by atoms with Crippen LogP contribution in [0.15, 0.2) is 18.2 Å². The van der Waals surface area contributed by atoms with Gasteiger partial charge in [-0.15, -0.1) is 0 Å². The maximum absolute atomic E-state index is 11.6. The molecule has 1 atom stereocenters. The zero-order valence-electron chi connectivity index (χ0n) is 10.4. The average molecular weight is 250 g/mol. The Kier molecular flexibility index (Phi) is 3.72. The minimum Gasteiger partial charge on any atom is -0.465 e. The highest BCUT2D eigenvalue weighted by Crippen LogP contribution is 2.27. The fourth-order valence-electron chi connectivity index (χ4n) is 2.24. The molecule has 1 fully saturated rings. The third-order valence-corrected chi connectivity index (χ3v) is 3.35. The molecule has 5 heteroatoms. The minimum absolute atomic E-state index is 0.204. The number of methoxy groups -OCH3 is 1. The van der Waals surface area contributed by atoms with Crippen molar-refractivity contribution in [3.8, 4) is 0 Å². The molecule has 2 rings (SSSR count). The van der Waals surface area contributed by atoms with Crippen molar-refractivity contribution >= 4 is 17.3 Å². The molecular weight excluding hydrogens is 232 g/mol. The second-order valence-corrected chi connectivity index (χ2v) is 4.55. The molecule has 0 saturated carbocycles. The number of nitrogens with zero attached hydrogens (tertiary/aromatic N) is 1. The number of nitrogen functional groups attached to an aromatic ring is 1. The summed E-state index contributed by atoms with van der Waals surface area (Å²) < 4.78 is 4.70. The molecule has 1 aliphatic rings. The molecule has 1 unspecified atom stereocenters. The van der Waals surface area contributed by atoms with Crippen LogP contribution in [0.2, 0.25) is 0 Å². The highest BCUT2D eigenvalue weighted by molar-refractivity contribution is 5.96. The maximum atomic E-state index is 11.6. The average Bonchev–Trinajstić information content (AvgIpc) is 2.87. The molecule has 3 N–H and O–H groups in total. The number of hydrogen-bond donors (Lipinski definition) is 2. The predicted octanol–water partition coefficient (Wildman–Crippen LogP) is 0.874. The third-order valence-electron chi connectivity index (χ3n) is 3.35. The van der Waals surface area contributed by atoms with Crippen molar-refractivity contribution in [1.82, 2.24) is 0 Å². The number of nitrogens with two attached hydrogens (primary N) is 1. The molecule has 98 valence electrons. The number of benzene rings is 1. The standard InChI is InChI=1S/C13H18N2O3/c1-18-13(17)11-6-10(2-3-12(11)14)15-5-4-9(7-15)8-16/h2-3,6,9,16H,4-5,7-8,14H2,1H3. The van der Waals surface area contributed by atoms with Crippen molar-refractivity contribution < 1.29 is 14.6 Å². The fourth-order valence-corrected chi connectivity index (χ4v) is 2.24. The van der Waals surface area contributed by atoms with E-state index in [9.17, 15) is 4.79 Å². The molecule has 0 bridgehead atoms. The van der Waals surface area contributed by atoms with Crippen LogP contribution in [0.25, 0.3) is 0 Å². The summed E-state index contributed by atoms with van der Waals surface area (Å²) in [6.07, 6.45) is 0.967. The van der Waals surface area contributed by atoms with Crippen LogP contribution in [0.3, 0.4) is 0 Å². The van der Waals surface area contributed by atoms with Gasteiger partial charge in [-0.2, -0.15) is 0 Å². The smallest absolute Gasteiger partial charge is 0.340 e. The van der Waals surface area contributed by atoms with E-state index in [0.29, 0.717) is 17.2 Å². The number of rotatable bonds is 3. The number of anilines is 2. The van der Waals surface area contributed by atoms with E-state index >= 15 is 0 Å². The number of hydrogen-bond acceptors (Lipinski definition) is 5. The van der Waals surface area contributed by atoms with Gasteiger partial charge in [0.05, 0.1) is 12.7 Å². The van der Waals surface area contributed by atoms with Crippen LogP contribution in [0, 0.1) is 5.92 Å². The highest BCUT2D eigenvalue weighted by atomic mass is 16.5. The lowest BCUT2D eigenvalue weighted by Crippen LogP contribution is -2.21. The van der Waals surface area contributed by atoms with Crippen LogP contribution in [-0.2, 0) is 4.74 Å². The number of carbonyl (C=O) groups is 1. The number of aliphatic hydroxyl groups excluding tert-OH is 1. The van der Waals surface area contributed by atoms with Gasteiger partial charge in [0.25, 0.3) is 0 Å². The van der Waals surface area contributed by atoms with Crippen LogP contribution < -0.4 is 10.6 Å². The molecule has 0 spiro atoms. The summed E-state index contributed by atoms with van der Waals surface area (Å²) in [5, 5.41) is 9.13. The molecule has 1 aromatic rings. The normalized spacial score (nSPS) is 19.0. The lowest BCUT2D eigenvalue weighted by molar-refractivity contribution is 0.0602. The molecule has 0 aliphatic carbocycles. The number of carbonyl (C=O) groups excluding carboxylic acids is 1. The summed E-state index contributed by atoms with van der Waals surface area (Å²) in [7, 11) is 1.34. The summed E-state index contributed by atoms with van der Waals surface area (Å²) in [6.45, 7) is 1.89. The first-order valence-corrected chi connectivity index (χ1v) is 5.99. The van der Waals surface area contributed by atoms with Crippen molar-refractivity contribution in [3.63, 3.8) is 0 Å². The van der Waals surface area contributed by atoms with Gasteiger partial charge in [0, 0.05) is 37.0 Å². The lowest BCUT2D eigenvalue weighted by atomic mass is 10.1. The Hall–Kier alpha value is -1.75. The van der Waals surface area contributed by atoms with E-state index in [4.69, 9.17) is 15.6 Å².